The molecule has 3 atom stereocenters. The van der Waals surface area contributed by atoms with Crippen LogP contribution in [0, 0.1) is 0 Å². The highest BCUT2D eigenvalue weighted by molar-refractivity contribution is 5.93. The van der Waals surface area contributed by atoms with Gasteiger partial charge >= 0.3 is 5.97 Å². The Kier molecular flexibility index (Phi) is 8.58. The van der Waals surface area contributed by atoms with Crippen molar-refractivity contribution in [1.29, 1.82) is 0 Å². The van der Waals surface area contributed by atoms with Crippen LogP contribution >= 0.6 is 0 Å². The number of unbranched alkanes of at least 4 members (excludes halogenated alkanes) is 1. The first-order valence-electron chi connectivity index (χ1n) is 11.4. The number of nitrogens with zero attached hydrogens (tertiary/aromatic N) is 1. The molecule has 1 aliphatic heterocycles. The summed E-state index contributed by atoms with van der Waals surface area (Å²) < 4.78 is 10.7. The lowest BCUT2D eigenvalue weighted by Crippen LogP contribution is -2.56. The number of hydrogen-bond acceptors (Lipinski definition) is 8. The second-order valence-electron chi connectivity index (χ2n) is 8.30. The number of rotatable bonds is 6. The molecule has 1 aromatic carbocycles. The number of carbonyl (C=O) groups excluding carboxylic acids is 4. The molecule has 2 bridgehead atoms. The minimum atomic E-state index is -0.949. The molecule has 0 aliphatic carbocycles. The van der Waals surface area contributed by atoms with Crippen molar-refractivity contribution in [3.8, 4) is 0 Å². The van der Waals surface area contributed by atoms with Crippen LogP contribution in [0.1, 0.15) is 44.1 Å². The smallest absolute Gasteiger partial charge is 0.328 e. The van der Waals surface area contributed by atoms with Gasteiger partial charge in [-0.25, -0.2) is 9.78 Å². The van der Waals surface area contributed by atoms with Crippen molar-refractivity contribution >= 4 is 34.8 Å². The van der Waals surface area contributed by atoms with E-state index in [1.165, 1.54) is 14.0 Å². The summed E-state index contributed by atoms with van der Waals surface area (Å²) >= 11 is 0. The summed E-state index contributed by atoms with van der Waals surface area (Å²) in [7, 11) is 1.24. The van der Waals surface area contributed by atoms with Crippen LogP contribution < -0.4 is 21.7 Å². The monoisotopic (exact) mass is 473 g/mol. The highest BCUT2D eigenvalue weighted by Crippen LogP contribution is 2.22. The molecule has 0 fully saturated rings. The molecule has 0 unspecified atom stereocenters. The minimum Gasteiger partial charge on any atom is -0.467 e. The number of benzene rings is 1. The Labute approximate surface area is 197 Å². The van der Waals surface area contributed by atoms with Crippen LogP contribution in [0.25, 0.3) is 11.1 Å². The van der Waals surface area contributed by atoms with E-state index in [-0.39, 0.29) is 25.2 Å². The van der Waals surface area contributed by atoms with Crippen molar-refractivity contribution in [2.45, 2.75) is 63.6 Å². The molecular weight excluding hydrogens is 442 g/mol. The Hall–Kier alpha value is -3.47. The van der Waals surface area contributed by atoms with Gasteiger partial charge in [0.15, 0.2) is 11.5 Å². The first-order chi connectivity index (χ1) is 16.3. The zero-order valence-electron chi connectivity index (χ0n) is 19.4. The van der Waals surface area contributed by atoms with Crippen molar-refractivity contribution in [3.63, 3.8) is 0 Å². The Morgan fingerprint density at radius 3 is 2.74 bits per heavy atom. The maximum absolute atomic E-state index is 13.2. The number of para-hydroxylation sites is 1. The van der Waals surface area contributed by atoms with Crippen molar-refractivity contribution in [2.24, 2.45) is 5.73 Å². The molecule has 0 spiro atoms. The lowest BCUT2D eigenvalue weighted by molar-refractivity contribution is -0.145. The first-order valence-corrected chi connectivity index (χ1v) is 11.4. The first kappa shape index (κ1) is 25.2. The topological polar surface area (TPSA) is 166 Å². The maximum Gasteiger partial charge on any atom is 0.328 e. The number of ether oxygens (including phenoxy) is 1. The van der Waals surface area contributed by atoms with Crippen molar-refractivity contribution in [1.82, 2.24) is 20.9 Å². The summed E-state index contributed by atoms with van der Waals surface area (Å²) in [5.74, 6) is -1.64. The van der Waals surface area contributed by atoms with E-state index in [9.17, 15) is 19.2 Å². The second-order valence-corrected chi connectivity index (χ2v) is 8.30. The SMILES string of the molecule is COC(=O)[C@H]1CCc2nc3c(cccc3o2)C[C@@H](NC(C)=O)C(=O)N[C@H](CCCCN)C(=O)N1. The zero-order chi connectivity index (χ0) is 24.7. The summed E-state index contributed by atoms with van der Waals surface area (Å²) in [6.45, 7) is 1.77. The predicted octanol–water partition coefficient (Wildman–Crippen LogP) is 0.0928. The van der Waals surface area contributed by atoms with Crippen LogP contribution in [0.4, 0.5) is 0 Å². The van der Waals surface area contributed by atoms with Gasteiger partial charge in [0.25, 0.3) is 0 Å². The van der Waals surface area contributed by atoms with E-state index < -0.39 is 35.9 Å². The van der Waals surface area contributed by atoms with Gasteiger partial charge < -0.3 is 30.8 Å². The number of nitrogens with two attached hydrogens (primary N) is 1. The number of esters is 1. The molecule has 184 valence electrons. The molecule has 5 N–H and O–H groups in total. The van der Waals surface area contributed by atoms with Crippen LogP contribution in [-0.4, -0.2) is 60.5 Å². The van der Waals surface area contributed by atoms with Crippen molar-refractivity contribution in [3.05, 3.63) is 29.7 Å². The van der Waals surface area contributed by atoms with Gasteiger partial charge in [0.2, 0.25) is 17.7 Å². The summed E-state index contributed by atoms with van der Waals surface area (Å²) in [4.78, 5) is 55.0. The third-order valence-electron chi connectivity index (χ3n) is 5.69. The molecule has 1 aromatic heterocycles. The van der Waals surface area contributed by atoms with E-state index in [0.29, 0.717) is 48.4 Å². The van der Waals surface area contributed by atoms with Crippen LogP contribution in [0.5, 0.6) is 0 Å². The fourth-order valence-corrected chi connectivity index (χ4v) is 3.96. The molecule has 0 saturated heterocycles. The quantitative estimate of drug-likeness (QED) is 0.338. The number of fused-ring (bicyclic) bond motifs is 1. The Balaban J connectivity index is 2.00. The molecule has 34 heavy (non-hydrogen) atoms. The van der Waals surface area contributed by atoms with Crippen LogP contribution in [0.2, 0.25) is 0 Å². The van der Waals surface area contributed by atoms with E-state index >= 15 is 0 Å². The van der Waals surface area contributed by atoms with E-state index in [4.69, 9.17) is 14.9 Å². The normalized spacial score (nSPS) is 21.4. The number of aromatic nitrogens is 1. The van der Waals surface area contributed by atoms with E-state index in [1.807, 2.05) is 6.07 Å². The van der Waals surface area contributed by atoms with Gasteiger partial charge in [-0.3, -0.25) is 14.4 Å². The standard InChI is InChI=1S/C23H31N5O6/c1-13(29)25-17-12-14-6-5-8-18-20(14)28-19(34-18)10-9-16(23(32)33-2)27-21(30)15(26-22(17)31)7-3-4-11-24/h5-6,8,15-17H,3-4,7,9-12,24H2,1-2H3,(H,25,29)(H,26,31)(H,27,30)/t15-,16-,17-/m1/s1. The van der Waals surface area contributed by atoms with Gasteiger partial charge in [-0.15, -0.1) is 0 Å². The number of nitrogens with one attached hydrogen (secondary N) is 3. The number of carbonyl (C=O) groups is 4. The Morgan fingerprint density at radius 1 is 1.24 bits per heavy atom. The van der Waals surface area contributed by atoms with Gasteiger partial charge in [0, 0.05) is 19.8 Å². The summed E-state index contributed by atoms with van der Waals surface area (Å²) in [5, 5.41) is 8.08. The molecule has 0 saturated carbocycles. The van der Waals surface area contributed by atoms with Crippen LogP contribution in [-0.2, 0) is 36.8 Å². The lowest BCUT2D eigenvalue weighted by atomic mass is 10.0. The molecule has 2 heterocycles. The number of hydrogen-bond donors (Lipinski definition) is 4. The maximum atomic E-state index is 13.2. The fourth-order valence-electron chi connectivity index (χ4n) is 3.96. The second kappa shape index (κ2) is 11.6. The van der Waals surface area contributed by atoms with Gasteiger partial charge in [-0.1, -0.05) is 12.1 Å². The van der Waals surface area contributed by atoms with Gasteiger partial charge in [0.05, 0.1) is 7.11 Å². The highest BCUT2D eigenvalue weighted by atomic mass is 16.5. The molecule has 1 aliphatic rings. The fraction of sp³-hybridized carbons (Fsp3) is 0.522. The molecular formula is C23H31N5O6. The van der Waals surface area contributed by atoms with Crippen molar-refractivity contribution in [2.75, 3.05) is 13.7 Å². The summed E-state index contributed by atoms with van der Waals surface area (Å²) in [5.41, 5.74) is 7.40. The molecule has 2 aromatic rings. The predicted molar refractivity (Wildman–Crippen MR) is 122 cm³/mol. The van der Waals surface area contributed by atoms with Gasteiger partial charge in [0.1, 0.15) is 23.6 Å². The number of amides is 3. The van der Waals surface area contributed by atoms with E-state index in [2.05, 4.69) is 20.9 Å². The third kappa shape index (κ3) is 6.31. The van der Waals surface area contributed by atoms with Crippen LogP contribution in [0.3, 0.4) is 0 Å². The number of aryl methyl sites for hydroxylation is 1. The average molecular weight is 474 g/mol. The molecule has 0 radical (unpaired) electrons. The van der Waals surface area contributed by atoms with E-state index in [1.54, 1.807) is 12.1 Å². The molecule has 3 rings (SSSR count). The summed E-state index contributed by atoms with van der Waals surface area (Å²) in [6.07, 6.45) is 2.25. The van der Waals surface area contributed by atoms with Gasteiger partial charge in [-0.2, -0.15) is 0 Å². The lowest BCUT2D eigenvalue weighted by Gasteiger charge is -2.25. The van der Waals surface area contributed by atoms with Crippen molar-refractivity contribution < 1.29 is 28.3 Å². The Morgan fingerprint density at radius 2 is 2.03 bits per heavy atom. The molecule has 11 nitrogen and oxygen atoms in total. The third-order valence-corrected chi connectivity index (χ3v) is 5.69. The number of oxazole rings is 1. The van der Waals surface area contributed by atoms with E-state index in [0.717, 1.165) is 0 Å². The highest BCUT2D eigenvalue weighted by Gasteiger charge is 2.31. The zero-order valence-corrected chi connectivity index (χ0v) is 19.4. The summed E-state index contributed by atoms with van der Waals surface area (Å²) in [6, 6.07) is 2.55. The Bertz CT molecular complexity index is 1050. The van der Waals surface area contributed by atoms with Gasteiger partial charge in [-0.05, 0) is 43.9 Å². The molecule has 3 amide bonds. The average Bonchev–Trinajstić information content (AvgIpc) is 3.23. The van der Waals surface area contributed by atoms with Crippen LogP contribution in [0.15, 0.2) is 22.6 Å². The minimum absolute atomic E-state index is 0.163. The largest absolute Gasteiger partial charge is 0.467 e. The molecule has 11 heteroatoms. The number of methoxy groups -OCH3 is 1.